The fourth-order valence-corrected chi connectivity index (χ4v) is 2.43. The third kappa shape index (κ3) is 7.44. The molecule has 0 fully saturated rings. The van der Waals surface area contributed by atoms with E-state index in [9.17, 15) is 22.8 Å². The van der Waals surface area contributed by atoms with Crippen molar-refractivity contribution in [1.29, 1.82) is 0 Å². The Bertz CT molecular complexity index is 852. The SMILES string of the molecule is CC(C)C(=O)Cc1cc(C(C)NC(=O)Nc2ccc(OC(F)(F)F)cc2)ccn1. The van der Waals surface area contributed by atoms with Crippen molar-refractivity contribution in [3.05, 3.63) is 53.9 Å². The Balaban J connectivity index is 1.94. The van der Waals surface area contributed by atoms with Gasteiger partial charge >= 0.3 is 12.4 Å². The van der Waals surface area contributed by atoms with Gasteiger partial charge < -0.3 is 15.4 Å². The van der Waals surface area contributed by atoms with E-state index in [0.717, 1.165) is 17.7 Å². The van der Waals surface area contributed by atoms with Crippen LogP contribution in [0.25, 0.3) is 0 Å². The third-order valence-electron chi connectivity index (χ3n) is 4.03. The van der Waals surface area contributed by atoms with Crippen molar-refractivity contribution in [2.24, 2.45) is 5.92 Å². The summed E-state index contributed by atoms with van der Waals surface area (Å²) in [7, 11) is 0. The molecule has 1 aromatic heterocycles. The normalized spacial score (nSPS) is 12.4. The summed E-state index contributed by atoms with van der Waals surface area (Å²) in [6, 6.07) is 7.39. The predicted molar refractivity (Wildman–Crippen MR) is 101 cm³/mol. The van der Waals surface area contributed by atoms with E-state index in [-0.39, 0.29) is 29.9 Å². The minimum absolute atomic E-state index is 0.0750. The number of urea groups is 1. The molecule has 1 aromatic carbocycles. The number of halogens is 3. The van der Waals surface area contributed by atoms with Crippen molar-refractivity contribution < 1.29 is 27.5 Å². The number of nitrogens with zero attached hydrogens (tertiary/aromatic N) is 1. The van der Waals surface area contributed by atoms with E-state index in [2.05, 4.69) is 20.4 Å². The van der Waals surface area contributed by atoms with Gasteiger partial charge in [0.05, 0.1) is 6.04 Å². The van der Waals surface area contributed by atoms with Gasteiger partial charge in [0.15, 0.2) is 0 Å². The summed E-state index contributed by atoms with van der Waals surface area (Å²) in [6.07, 6.45) is -2.98. The number of rotatable bonds is 7. The van der Waals surface area contributed by atoms with E-state index >= 15 is 0 Å². The molecule has 6 nitrogen and oxygen atoms in total. The van der Waals surface area contributed by atoms with E-state index in [4.69, 9.17) is 0 Å². The number of pyridine rings is 1. The number of ketones is 1. The molecule has 156 valence electrons. The maximum atomic E-state index is 12.2. The second-order valence-electron chi connectivity index (χ2n) is 6.77. The topological polar surface area (TPSA) is 80.3 Å². The Morgan fingerprint density at radius 2 is 1.76 bits per heavy atom. The minimum atomic E-state index is -4.77. The lowest BCUT2D eigenvalue weighted by molar-refractivity contribution is -0.274. The molecule has 2 N–H and O–H groups in total. The first-order valence-electron chi connectivity index (χ1n) is 8.94. The highest BCUT2D eigenvalue weighted by atomic mass is 19.4. The van der Waals surface area contributed by atoms with Crippen molar-refractivity contribution in [2.45, 2.75) is 39.6 Å². The first-order valence-corrected chi connectivity index (χ1v) is 8.94. The molecule has 0 spiro atoms. The van der Waals surface area contributed by atoms with Crippen molar-refractivity contribution in [3.8, 4) is 5.75 Å². The molecule has 0 saturated heterocycles. The standard InChI is InChI=1S/C20H22F3N3O3/c1-12(2)18(27)11-16-10-14(8-9-24-16)13(3)25-19(28)26-15-4-6-17(7-5-15)29-20(21,22)23/h4-10,12-13H,11H2,1-3H3,(H2,25,26,28). The van der Waals surface area contributed by atoms with Gasteiger partial charge in [0.2, 0.25) is 0 Å². The lowest BCUT2D eigenvalue weighted by atomic mass is 10.0. The molecule has 9 heteroatoms. The number of hydrogen-bond donors (Lipinski definition) is 2. The van der Waals surface area contributed by atoms with Gasteiger partial charge in [-0.3, -0.25) is 9.78 Å². The maximum absolute atomic E-state index is 12.2. The Morgan fingerprint density at radius 3 is 2.34 bits per heavy atom. The highest BCUT2D eigenvalue weighted by Gasteiger charge is 2.31. The van der Waals surface area contributed by atoms with Crippen LogP contribution in [-0.4, -0.2) is 23.2 Å². The van der Waals surface area contributed by atoms with Gasteiger partial charge in [-0.15, -0.1) is 13.2 Å². The van der Waals surface area contributed by atoms with E-state index < -0.39 is 12.4 Å². The molecule has 1 heterocycles. The Labute approximate surface area is 166 Å². The molecule has 0 aliphatic heterocycles. The molecule has 2 rings (SSSR count). The van der Waals surface area contributed by atoms with Gasteiger partial charge in [-0.05, 0) is 48.9 Å². The fourth-order valence-electron chi connectivity index (χ4n) is 2.43. The minimum Gasteiger partial charge on any atom is -0.406 e. The second-order valence-corrected chi connectivity index (χ2v) is 6.77. The lowest BCUT2D eigenvalue weighted by Gasteiger charge is -2.16. The summed E-state index contributed by atoms with van der Waals surface area (Å²) in [4.78, 5) is 28.2. The van der Waals surface area contributed by atoms with Gasteiger partial charge in [-0.2, -0.15) is 0 Å². The summed E-state index contributed by atoms with van der Waals surface area (Å²) in [5.74, 6) is -0.391. The van der Waals surface area contributed by atoms with Crippen molar-refractivity contribution in [2.75, 3.05) is 5.32 Å². The molecule has 1 atom stereocenters. The smallest absolute Gasteiger partial charge is 0.406 e. The number of hydrogen-bond acceptors (Lipinski definition) is 4. The number of alkyl halides is 3. The molecule has 29 heavy (non-hydrogen) atoms. The van der Waals surface area contributed by atoms with Crippen molar-refractivity contribution >= 4 is 17.5 Å². The predicted octanol–water partition coefficient (Wildman–Crippen LogP) is 4.63. The third-order valence-corrected chi connectivity index (χ3v) is 4.03. The maximum Gasteiger partial charge on any atom is 0.573 e. The zero-order chi connectivity index (χ0) is 21.6. The van der Waals surface area contributed by atoms with Crippen LogP contribution in [0.5, 0.6) is 5.75 Å². The number of carbonyl (C=O) groups is 2. The molecule has 0 aliphatic rings. The number of benzene rings is 1. The largest absolute Gasteiger partial charge is 0.573 e. The molecular formula is C20H22F3N3O3. The Kier molecular flexibility index (Phi) is 7.19. The number of anilines is 1. The quantitative estimate of drug-likeness (QED) is 0.699. The molecule has 0 bridgehead atoms. The van der Waals surface area contributed by atoms with Gasteiger partial charge in [0, 0.05) is 29.9 Å². The fraction of sp³-hybridized carbons (Fsp3) is 0.350. The highest BCUT2D eigenvalue weighted by molar-refractivity contribution is 5.89. The van der Waals surface area contributed by atoms with Crippen LogP contribution in [0, 0.1) is 5.92 Å². The molecule has 2 amide bonds. The zero-order valence-corrected chi connectivity index (χ0v) is 16.2. The van der Waals surface area contributed by atoms with Crippen LogP contribution in [0.15, 0.2) is 42.6 Å². The zero-order valence-electron chi connectivity index (χ0n) is 16.2. The van der Waals surface area contributed by atoms with Crippen LogP contribution in [0.2, 0.25) is 0 Å². The molecule has 1 unspecified atom stereocenters. The summed E-state index contributed by atoms with van der Waals surface area (Å²) in [5.41, 5.74) is 1.70. The molecule has 0 aliphatic carbocycles. The van der Waals surface area contributed by atoms with Gasteiger partial charge in [-0.25, -0.2) is 4.79 Å². The number of Topliss-reactive ketones (excluding diaryl/α,β-unsaturated/α-hetero) is 1. The summed E-state index contributed by atoms with van der Waals surface area (Å²) < 4.78 is 40.3. The van der Waals surface area contributed by atoms with Crippen LogP contribution >= 0.6 is 0 Å². The highest BCUT2D eigenvalue weighted by Crippen LogP contribution is 2.24. The number of carbonyl (C=O) groups excluding carboxylic acids is 2. The summed E-state index contributed by atoms with van der Waals surface area (Å²) in [6.45, 7) is 5.41. The number of amides is 2. The van der Waals surface area contributed by atoms with Gasteiger partial charge in [0.25, 0.3) is 0 Å². The molecule has 2 aromatic rings. The Hall–Kier alpha value is -3.10. The second kappa shape index (κ2) is 9.40. The average Bonchev–Trinajstić information content (AvgIpc) is 2.62. The van der Waals surface area contributed by atoms with Crippen LogP contribution in [0.3, 0.4) is 0 Å². The van der Waals surface area contributed by atoms with Crippen LogP contribution in [-0.2, 0) is 11.2 Å². The Morgan fingerprint density at radius 1 is 1.10 bits per heavy atom. The first kappa shape index (κ1) is 22.2. The number of aromatic nitrogens is 1. The van der Waals surface area contributed by atoms with Crippen LogP contribution < -0.4 is 15.4 Å². The van der Waals surface area contributed by atoms with E-state index in [0.29, 0.717) is 11.4 Å². The summed E-state index contributed by atoms with van der Waals surface area (Å²) >= 11 is 0. The lowest BCUT2D eigenvalue weighted by Crippen LogP contribution is -2.31. The molecule has 0 radical (unpaired) electrons. The van der Waals surface area contributed by atoms with Crippen LogP contribution in [0.1, 0.15) is 38.1 Å². The number of ether oxygens (including phenoxy) is 1. The van der Waals surface area contributed by atoms with Gasteiger partial charge in [-0.1, -0.05) is 13.8 Å². The van der Waals surface area contributed by atoms with Crippen molar-refractivity contribution in [3.63, 3.8) is 0 Å². The molecule has 0 saturated carbocycles. The van der Waals surface area contributed by atoms with Crippen molar-refractivity contribution in [1.82, 2.24) is 10.3 Å². The average molecular weight is 409 g/mol. The monoisotopic (exact) mass is 409 g/mol. The van der Waals surface area contributed by atoms with Crippen LogP contribution in [0.4, 0.5) is 23.7 Å². The van der Waals surface area contributed by atoms with Gasteiger partial charge in [0.1, 0.15) is 11.5 Å². The first-order chi connectivity index (χ1) is 13.5. The molecular weight excluding hydrogens is 387 g/mol. The number of nitrogens with one attached hydrogen (secondary N) is 2. The van der Waals surface area contributed by atoms with E-state index in [1.165, 1.54) is 12.1 Å². The van der Waals surface area contributed by atoms with E-state index in [1.54, 1.807) is 25.3 Å². The van der Waals surface area contributed by atoms with E-state index in [1.807, 2.05) is 13.8 Å². The summed E-state index contributed by atoms with van der Waals surface area (Å²) in [5, 5.41) is 5.26.